The molecule has 0 radical (unpaired) electrons. The highest BCUT2D eigenvalue weighted by molar-refractivity contribution is 7.80. The summed E-state index contributed by atoms with van der Waals surface area (Å²) in [5.74, 6) is 0. The van der Waals surface area contributed by atoms with E-state index in [4.69, 9.17) is 17.0 Å². The lowest BCUT2D eigenvalue weighted by molar-refractivity contribution is 0.114. The van der Waals surface area contributed by atoms with Gasteiger partial charge in [-0.3, -0.25) is 9.88 Å². The molecule has 1 aromatic rings. The van der Waals surface area contributed by atoms with Crippen LogP contribution in [0.25, 0.3) is 0 Å². The van der Waals surface area contributed by atoms with E-state index in [1.165, 1.54) is 6.42 Å². The number of thiocarbonyl (C=S) groups is 1. The number of hydrogen-bond donors (Lipinski definition) is 2. The lowest BCUT2D eigenvalue weighted by atomic mass is 10.1. The van der Waals surface area contributed by atoms with Crippen LogP contribution in [0.15, 0.2) is 24.4 Å². The molecule has 0 aliphatic carbocycles. The Kier molecular flexibility index (Phi) is 6.19. The van der Waals surface area contributed by atoms with E-state index in [9.17, 15) is 0 Å². The van der Waals surface area contributed by atoms with Gasteiger partial charge < -0.3 is 15.4 Å². The molecule has 2 aliphatic rings. The van der Waals surface area contributed by atoms with Crippen LogP contribution in [-0.2, 0) is 11.3 Å². The molecule has 126 valence electrons. The first-order chi connectivity index (χ1) is 11.3. The number of pyridine rings is 1. The van der Waals surface area contributed by atoms with E-state index in [0.29, 0.717) is 12.1 Å². The first-order valence-electron chi connectivity index (χ1n) is 8.58. The Hall–Kier alpha value is -1.24. The highest BCUT2D eigenvalue weighted by atomic mass is 32.1. The van der Waals surface area contributed by atoms with Gasteiger partial charge in [-0.2, -0.15) is 0 Å². The van der Waals surface area contributed by atoms with E-state index in [2.05, 4.69) is 32.7 Å². The van der Waals surface area contributed by atoms with Crippen molar-refractivity contribution in [2.45, 2.75) is 44.4 Å². The molecule has 0 amide bonds. The zero-order chi connectivity index (χ0) is 15.9. The van der Waals surface area contributed by atoms with Gasteiger partial charge >= 0.3 is 0 Å². The molecule has 3 heterocycles. The number of likely N-dealkylation sites (tertiary alicyclic amines) is 1. The smallest absolute Gasteiger partial charge is 0.166 e. The second kappa shape index (κ2) is 8.57. The second-order valence-electron chi connectivity index (χ2n) is 6.36. The number of hydrogen-bond acceptors (Lipinski definition) is 4. The molecule has 1 atom stereocenters. The molecule has 0 bridgehead atoms. The summed E-state index contributed by atoms with van der Waals surface area (Å²) < 4.78 is 5.60. The molecule has 1 aromatic heterocycles. The van der Waals surface area contributed by atoms with Crippen molar-refractivity contribution in [2.75, 3.05) is 26.2 Å². The Bertz CT molecular complexity index is 485. The molecular weight excluding hydrogens is 308 g/mol. The van der Waals surface area contributed by atoms with E-state index in [0.717, 1.165) is 62.9 Å². The molecule has 6 heteroatoms. The molecule has 2 N–H and O–H groups in total. The van der Waals surface area contributed by atoms with Gasteiger partial charge in [0, 0.05) is 45.0 Å². The minimum Gasteiger partial charge on any atom is -0.376 e. The summed E-state index contributed by atoms with van der Waals surface area (Å²) in [5, 5.41) is 7.51. The third-order valence-corrected chi connectivity index (χ3v) is 4.81. The summed E-state index contributed by atoms with van der Waals surface area (Å²) in [6, 6.07) is 6.58. The Labute approximate surface area is 143 Å². The second-order valence-corrected chi connectivity index (χ2v) is 6.77. The van der Waals surface area contributed by atoms with Crippen molar-refractivity contribution < 1.29 is 4.74 Å². The third kappa shape index (κ3) is 5.41. The van der Waals surface area contributed by atoms with Crippen LogP contribution < -0.4 is 10.6 Å². The van der Waals surface area contributed by atoms with Crippen LogP contribution >= 0.6 is 12.2 Å². The Balaban J connectivity index is 1.33. The molecule has 2 saturated heterocycles. The number of nitrogens with zero attached hydrogens (tertiary/aromatic N) is 2. The average molecular weight is 334 g/mol. The summed E-state index contributed by atoms with van der Waals surface area (Å²) in [5.41, 5.74) is 1.15. The lowest BCUT2D eigenvalue weighted by Crippen LogP contribution is -2.48. The highest BCUT2D eigenvalue weighted by Crippen LogP contribution is 2.13. The van der Waals surface area contributed by atoms with Crippen LogP contribution in [0.3, 0.4) is 0 Å². The summed E-state index contributed by atoms with van der Waals surface area (Å²) in [6.07, 6.45) is 6.74. The van der Waals surface area contributed by atoms with Crippen molar-refractivity contribution in [3.63, 3.8) is 0 Å². The molecule has 23 heavy (non-hydrogen) atoms. The van der Waals surface area contributed by atoms with Crippen LogP contribution in [0.4, 0.5) is 0 Å². The van der Waals surface area contributed by atoms with Gasteiger partial charge in [-0.1, -0.05) is 6.07 Å². The number of nitrogens with one attached hydrogen (secondary N) is 2. The third-order valence-electron chi connectivity index (χ3n) is 4.55. The zero-order valence-corrected chi connectivity index (χ0v) is 14.4. The SMILES string of the molecule is S=C(NCC1CCCO1)NC1CCN(Cc2ccccn2)CC1. The van der Waals surface area contributed by atoms with E-state index < -0.39 is 0 Å². The van der Waals surface area contributed by atoms with Gasteiger partial charge in [-0.05, 0) is 50.0 Å². The zero-order valence-electron chi connectivity index (χ0n) is 13.5. The standard InChI is InChI=1S/C17H26N4OS/c23-17(19-12-16-5-3-11-22-16)20-14-6-9-21(10-7-14)13-15-4-1-2-8-18-15/h1-2,4,8,14,16H,3,5-7,9-13H2,(H2,19,20,23). The van der Waals surface area contributed by atoms with Crippen LogP contribution in [0.1, 0.15) is 31.4 Å². The maximum absolute atomic E-state index is 5.60. The number of ether oxygens (including phenoxy) is 1. The van der Waals surface area contributed by atoms with Crippen molar-refractivity contribution in [1.82, 2.24) is 20.5 Å². The average Bonchev–Trinajstić information content (AvgIpc) is 3.09. The molecule has 5 nitrogen and oxygen atoms in total. The predicted molar refractivity (Wildman–Crippen MR) is 95.2 cm³/mol. The van der Waals surface area contributed by atoms with Crippen molar-refractivity contribution in [3.8, 4) is 0 Å². The molecule has 0 spiro atoms. The van der Waals surface area contributed by atoms with Gasteiger partial charge in [0.25, 0.3) is 0 Å². The minimum atomic E-state index is 0.329. The van der Waals surface area contributed by atoms with Crippen LogP contribution in [0.2, 0.25) is 0 Å². The fourth-order valence-electron chi connectivity index (χ4n) is 3.20. The predicted octanol–water partition coefficient (Wildman–Crippen LogP) is 1.69. The summed E-state index contributed by atoms with van der Waals surface area (Å²) >= 11 is 5.40. The van der Waals surface area contributed by atoms with Crippen LogP contribution in [-0.4, -0.2) is 53.4 Å². The topological polar surface area (TPSA) is 49.4 Å². The Morgan fingerprint density at radius 3 is 2.87 bits per heavy atom. The monoisotopic (exact) mass is 334 g/mol. The maximum Gasteiger partial charge on any atom is 0.166 e. The summed E-state index contributed by atoms with van der Waals surface area (Å²) in [4.78, 5) is 6.86. The highest BCUT2D eigenvalue weighted by Gasteiger charge is 2.21. The normalized spacial score (nSPS) is 22.9. The fourth-order valence-corrected chi connectivity index (χ4v) is 3.45. The van der Waals surface area contributed by atoms with Gasteiger partial charge in [0.05, 0.1) is 11.8 Å². The van der Waals surface area contributed by atoms with Gasteiger partial charge in [0.2, 0.25) is 0 Å². The molecule has 0 saturated carbocycles. The van der Waals surface area contributed by atoms with E-state index in [1.54, 1.807) is 0 Å². The first-order valence-corrected chi connectivity index (χ1v) is 8.98. The van der Waals surface area contributed by atoms with Crippen LogP contribution in [0, 0.1) is 0 Å². The van der Waals surface area contributed by atoms with E-state index >= 15 is 0 Å². The molecule has 3 rings (SSSR count). The Morgan fingerprint density at radius 2 is 2.17 bits per heavy atom. The number of aromatic nitrogens is 1. The lowest BCUT2D eigenvalue weighted by Gasteiger charge is -2.32. The van der Waals surface area contributed by atoms with Crippen molar-refractivity contribution in [1.29, 1.82) is 0 Å². The molecule has 0 aromatic carbocycles. The van der Waals surface area contributed by atoms with Crippen LogP contribution in [0.5, 0.6) is 0 Å². The van der Waals surface area contributed by atoms with Crippen molar-refractivity contribution in [2.24, 2.45) is 0 Å². The molecular formula is C17H26N4OS. The van der Waals surface area contributed by atoms with Gasteiger partial charge in [-0.25, -0.2) is 0 Å². The summed E-state index contributed by atoms with van der Waals surface area (Å²) in [6.45, 7) is 4.83. The molecule has 2 fully saturated rings. The van der Waals surface area contributed by atoms with Crippen molar-refractivity contribution in [3.05, 3.63) is 30.1 Å². The fraction of sp³-hybridized carbons (Fsp3) is 0.647. The van der Waals surface area contributed by atoms with Gasteiger partial charge in [0.15, 0.2) is 5.11 Å². The number of piperidine rings is 1. The quantitative estimate of drug-likeness (QED) is 0.799. The van der Waals surface area contributed by atoms with Gasteiger partial charge in [0.1, 0.15) is 0 Å². The van der Waals surface area contributed by atoms with E-state index in [1.807, 2.05) is 12.3 Å². The number of rotatable bonds is 5. The van der Waals surface area contributed by atoms with Gasteiger partial charge in [-0.15, -0.1) is 0 Å². The maximum atomic E-state index is 5.60. The first kappa shape index (κ1) is 16.6. The summed E-state index contributed by atoms with van der Waals surface area (Å²) in [7, 11) is 0. The molecule has 1 unspecified atom stereocenters. The largest absolute Gasteiger partial charge is 0.376 e. The van der Waals surface area contributed by atoms with Crippen molar-refractivity contribution >= 4 is 17.3 Å². The minimum absolute atomic E-state index is 0.329. The Morgan fingerprint density at radius 1 is 1.30 bits per heavy atom. The molecule has 2 aliphatic heterocycles. The van der Waals surface area contributed by atoms with E-state index in [-0.39, 0.29) is 0 Å².